The van der Waals surface area contributed by atoms with Crippen molar-refractivity contribution in [3.63, 3.8) is 0 Å². The molecule has 0 bridgehead atoms. The Balaban J connectivity index is 2.74. The number of hydrogen-bond donors (Lipinski definition) is 2. The van der Waals surface area contributed by atoms with Crippen LogP contribution < -0.4 is 10.5 Å². The van der Waals surface area contributed by atoms with Crippen molar-refractivity contribution in [2.45, 2.75) is 5.66 Å². The summed E-state index contributed by atoms with van der Waals surface area (Å²) in [5.74, 6) is -0.365. The maximum atomic E-state index is 12.7. The summed E-state index contributed by atoms with van der Waals surface area (Å²) < 4.78 is 27.8. The molecule has 1 unspecified atom stereocenters. The van der Waals surface area contributed by atoms with E-state index in [0.29, 0.717) is 5.56 Å². The largest absolute Gasteiger partial charge is 0.504 e. The molecule has 1 aliphatic heterocycles. The van der Waals surface area contributed by atoms with Gasteiger partial charge < -0.3 is 24.6 Å². The minimum absolute atomic E-state index is 0.0447. The molecule has 0 saturated carbocycles. The van der Waals surface area contributed by atoms with E-state index in [-0.39, 0.29) is 23.0 Å². The smallest absolute Gasteiger partial charge is 0.343 e. The van der Waals surface area contributed by atoms with Gasteiger partial charge in [-0.15, -0.1) is 0 Å². The number of benzene rings is 1. The van der Waals surface area contributed by atoms with Crippen molar-refractivity contribution in [1.29, 1.82) is 5.26 Å². The molecule has 8 heteroatoms. The van der Waals surface area contributed by atoms with Gasteiger partial charge in [-0.1, -0.05) is 12.1 Å². The zero-order chi connectivity index (χ0) is 14.9. The molecule has 3 N–H and O–H groups in total. The maximum Gasteiger partial charge on any atom is 0.343 e. The SMILES string of the molecule is COP(=O)(OC)C1C(C#N)=C(N)Oc2c(O)cccc21. The molecule has 1 aliphatic rings. The van der Waals surface area contributed by atoms with Gasteiger partial charge >= 0.3 is 7.60 Å². The van der Waals surface area contributed by atoms with Crippen LogP contribution in [0, 0.1) is 11.3 Å². The van der Waals surface area contributed by atoms with Gasteiger partial charge in [-0.3, -0.25) is 4.57 Å². The molecule has 1 aromatic rings. The summed E-state index contributed by atoms with van der Waals surface area (Å²) in [6, 6.07) is 6.35. The predicted molar refractivity (Wildman–Crippen MR) is 69.9 cm³/mol. The summed E-state index contributed by atoms with van der Waals surface area (Å²) in [5, 5.41) is 19.0. The van der Waals surface area contributed by atoms with Gasteiger partial charge in [0.05, 0.1) is 0 Å². The van der Waals surface area contributed by atoms with Crippen LogP contribution in [0.4, 0.5) is 0 Å². The van der Waals surface area contributed by atoms with Gasteiger partial charge in [0.25, 0.3) is 0 Å². The number of phenolic OH excluding ortho intramolecular Hbond substituents is 1. The Bertz CT molecular complexity index is 656. The predicted octanol–water partition coefficient (Wildman–Crippen LogP) is 2.01. The molecule has 7 nitrogen and oxygen atoms in total. The summed E-state index contributed by atoms with van der Waals surface area (Å²) in [7, 11) is -1.24. The van der Waals surface area contributed by atoms with Gasteiger partial charge in [-0.05, 0) is 6.07 Å². The zero-order valence-electron chi connectivity index (χ0n) is 10.9. The normalized spacial score (nSPS) is 18.1. The molecule has 1 atom stereocenters. The molecule has 0 amide bonds. The number of aromatic hydroxyl groups is 1. The molecule has 0 radical (unpaired) electrons. The molecule has 106 valence electrons. The quantitative estimate of drug-likeness (QED) is 0.819. The number of nitrogens with zero attached hydrogens (tertiary/aromatic N) is 1. The first-order chi connectivity index (χ1) is 9.48. The van der Waals surface area contributed by atoms with Gasteiger partial charge in [0.1, 0.15) is 17.3 Å². The van der Waals surface area contributed by atoms with Crippen LogP contribution in [0.2, 0.25) is 0 Å². The van der Waals surface area contributed by atoms with Crippen molar-refractivity contribution in [3.8, 4) is 17.6 Å². The van der Waals surface area contributed by atoms with E-state index in [1.165, 1.54) is 26.4 Å². The molecule has 0 fully saturated rings. The average Bonchev–Trinajstić information content (AvgIpc) is 2.46. The lowest BCUT2D eigenvalue weighted by atomic mass is 10.0. The Kier molecular flexibility index (Phi) is 3.73. The summed E-state index contributed by atoms with van der Waals surface area (Å²) in [4.78, 5) is 0. The average molecular weight is 296 g/mol. The highest BCUT2D eigenvalue weighted by Gasteiger charge is 2.45. The Hall–Kier alpha value is -2.00. The number of nitrogens with two attached hydrogens (primary N) is 1. The van der Waals surface area contributed by atoms with Crippen LogP contribution in [0.25, 0.3) is 0 Å². The van der Waals surface area contributed by atoms with Crippen molar-refractivity contribution in [3.05, 3.63) is 35.2 Å². The maximum absolute atomic E-state index is 12.7. The third kappa shape index (κ3) is 2.04. The number of para-hydroxylation sites is 1. The van der Waals surface area contributed by atoms with Gasteiger partial charge in [-0.2, -0.15) is 5.26 Å². The fourth-order valence-corrected chi connectivity index (χ4v) is 3.67. The zero-order valence-corrected chi connectivity index (χ0v) is 11.8. The first-order valence-corrected chi connectivity index (χ1v) is 7.20. The summed E-state index contributed by atoms with van der Waals surface area (Å²) >= 11 is 0. The van der Waals surface area contributed by atoms with Crippen molar-refractivity contribution < 1.29 is 23.5 Å². The van der Waals surface area contributed by atoms with E-state index < -0.39 is 13.3 Å². The second-order valence-electron chi connectivity index (χ2n) is 3.99. The van der Waals surface area contributed by atoms with Crippen LogP contribution in [0.3, 0.4) is 0 Å². The van der Waals surface area contributed by atoms with Crippen LogP contribution >= 0.6 is 7.60 Å². The summed E-state index contributed by atoms with van der Waals surface area (Å²) in [6.45, 7) is 0. The van der Waals surface area contributed by atoms with E-state index in [9.17, 15) is 14.9 Å². The molecule has 0 aliphatic carbocycles. The van der Waals surface area contributed by atoms with Crippen LogP contribution in [0.15, 0.2) is 29.7 Å². The number of rotatable bonds is 3. The Morgan fingerprint density at radius 2 is 2.10 bits per heavy atom. The van der Waals surface area contributed by atoms with Gasteiger partial charge in [0.15, 0.2) is 11.5 Å². The van der Waals surface area contributed by atoms with E-state index in [4.69, 9.17) is 19.5 Å². The van der Waals surface area contributed by atoms with Gasteiger partial charge in [0.2, 0.25) is 5.88 Å². The van der Waals surface area contributed by atoms with E-state index in [0.717, 1.165) is 0 Å². The number of allylic oxidation sites excluding steroid dienone is 1. The molecular formula is C12H13N2O5P. The van der Waals surface area contributed by atoms with Crippen molar-refractivity contribution >= 4 is 7.60 Å². The highest BCUT2D eigenvalue weighted by atomic mass is 31.2. The first-order valence-electron chi connectivity index (χ1n) is 5.59. The molecule has 20 heavy (non-hydrogen) atoms. The van der Waals surface area contributed by atoms with Crippen LogP contribution in [0.1, 0.15) is 11.2 Å². The summed E-state index contributed by atoms with van der Waals surface area (Å²) in [6.07, 6.45) is 0. The van der Waals surface area contributed by atoms with E-state index in [1.807, 2.05) is 6.07 Å². The molecular weight excluding hydrogens is 283 g/mol. The number of hydrogen-bond acceptors (Lipinski definition) is 7. The van der Waals surface area contributed by atoms with E-state index in [2.05, 4.69) is 0 Å². The molecule has 2 rings (SSSR count). The molecule has 0 spiro atoms. The summed E-state index contributed by atoms with van der Waals surface area (Å²) in [5.41, 5.74) is 4.88. The van der Waals surface area contributed by atoms with Crippen LogP contribution in [0.5, 0.6) is 11.5 Å². The topological polar surface area (TPSA) is 115 Å². The second kappa shape index (κ2) is 5.17. The Labute approximate surface area is 115 Å². The third-order valence-electron chi connectivity index (χ3n) is 3.02. The number of fused-ring (bicyclic) bond motifs is 1. The third-order valence-corrected chi connectivity index (χ3v) is 5.20. The minimum atomic E-state index is -3.67. The Morgan fingerprint density at radius 1 is 1.45 bits per heavy atom. The van der Waals surface area contributed by atoms with Gasteiger partial charge in [-0.25, -0.2) is 0 Å². The fourth-order valence-electron chi connectivity index (χ4n) is 2.05. The molecule has 1 aromatic carbocycles. The lowest BCUT2D eigenvalue weighted by molar-refractivity contribution is 0.265. The lowest BCUT2D eigenvalue weighted by Gasteiger charge is -2.29. The Morgan fingerprint density at radius 3 is 2.65 bits per heavy atom. The fraction of sp³-hybridized carbons (Fsp3) is 0.250. The monoisotopic (exact) mass is 296 g/mol. The number of nitriles is 1. The van der Waals surface area contributed by atoms with E-state index in [1.54, 1.807) is 6.07 Å². The first kappa shape index (κ1) is 14.4. The van der Waals surface area contributed by atoms with Crippen molar-refractivity contribution in [2.24, 2.45) is 5.73 Å². The number of phenols is 1. The van der Waals surface area contributed by atoms with Crippen LogP contribution in [-0.2, 0) is 13.6 Å². The standard InChI is InChI=1S/C12H13N2O5P/c1-17-20(16,18-2)11-7-4-3-5-9(15)10(7)19-12(14)8(11)6-13/h3-5,11,15H,14H2,1-2H3. The van der Waals surface area contributed by atoms with Crippen molar-refractivity contribution in [1.82, 2.24) is 0 Å². The lowest BCUT2D eigenvalue weighted by Crippen LogP contribution is -2.21. The molecule has 1 heterocycles. The van der Waals surface area contributed by atoms with Crippen molar-refractivity contribution in [2.75, 3.05) is 14.2 Å². The van der Waals surface area contributed by atoms with E-state index >= 15 is 0 Å². The highest BCUT2D eigenvalue weighted by molar-refractivity contribution is 7.54. The number of ether oxygens (including phenoxy) is 1. The molecule has 0 saturated heterocycles. The second-order valence-corrected chi connectivity index (χ2v) is 6.32. The molecule has 0 aromatic heterocycles. The highest BCUT2D eigenvalue weighted by Crippen LogP contribution is 2.66. The van der Waals surface area contributed by atoms with Crippen LogP contribution in [-0.4, -0.2) is 19.3 Å². The minimum Gasteiger partial charge on any atom is -0.504 e. The van der Waals surface area contributed by atoms with Gasteiger partial charge in [0, 0.05) is 19.8 Å².